The average Bonchev–Trinajstić information content (AvgIpc) is 1.96. The van der Waals surface area contributed by atoms with E-state index in [0.717, 1.165) is 21.3 Å². The second kappa shape index (κ2) is 6.82. The Morgan fingerprint density at radius 2 is 1.67 bits per heavy atom. The largest absolute Gasteiger partial charge is 0.396 e. The molecule has 0 saturated heterocycles. The van der Waals surface area contributed by atoms with Crippen molar-refractivity contribution in [1.82, 2.24) is 4.67 Å². The van der Waals surface area contributed by atoms with Crippen LogP contribution < -0.4 is 0 Å². The molecule has 0 spiro atoms. The van der Waals surface area contributed by atoms with Gasteiger partial charge in [0.25, 0.3) is 0 Å². The molecule has 0 aliphatic rings. The van der Waals surface area contributed by atoms with Gasteiger partial charge in [0.1, 0.15) is 0 Å². The molecule has 1 unspecified atom stereocenters. The summed E-state index contributed by atoms with van der Waals surface area (Å²) in [5.74, 6) is 0. The minimum Gasteiger partial charge on any atom is -0.396 e. The summed E-state index contributed by atoms with van der Waals surface area (Å²) >= 11 is 0. The van der Waals surface area contributed by atoms with Gasteiger partial charge in [-0.2, -0.15) is 0 Å². The van der Waals surface area contributed by atoms with Crippen molar-refractivity contribution < 1.29 is 5.11 Å². The first kappa shape index (κ1) is 12.3. The van der Waals surface area contributed by atoms with Gasteiger partial charge >= 0.3 is 0 Å². The molecule has 0 radical (unpaired) electrons. The van der Waals surface area contributed by atoms with Gasteiger partial charge in [0.2, 0.25) is 0 Å². The highest BCUT2D eigenvalue weighted by molar-refractivity contribution is 7.35. The smallest absolute Gasteiger partial charge is 0.0434 e. The summed E-state index contributed by atoms with van der Waals surface area (Å²) in [5.41, 5.74) is 0. The lowest BCUT2D eigenvalue weighted by molar-refractivity contribution is 0.293. The number of hydrogen-bond acceptors (Lipinski definition) is 2. The molecule has 0 saturated carbocycles. The molecule has 0 fully saturated rings. The molecule has 0 aromatic carbocycles. The van der Waals surface area contributed by atoms with Crippen molar-refractivity contribution in [3.05, 3.63) is 0 Å². The predicted molar refractivity (Wildman–Crippen MR) is 57.0 cm³/mol. The van der Waals surface area contributed by atoms with E-state index in [-0.39, 0.29) is 0 Å². The average molecular weight is 191 g/mol. The summed E-state index contributed by atoms with van der Waals surface area (Å²) in [5, 5.41) is 8.64. The Labute approximate surface area is 78.2 Å². The molecule has 0 aromatic heterocycles. The van der Waals surface area contributed by atoms with Crippen molar-refractivity contribution in [3.63, 3.8) is 0 Å². The second-order valence-electron chi connectivity index (χ2n) is 3.58. The van der Waals surface area contributed by atoms with E-state index in [9.17, 15) is 0 Å². The second-order valence-corrected chi connectivity index (χ2v) is 4.91. The first-order valence-electron chi connectivity index (χ1n) is 4.72. The Bertz CT molecular complexity index is 98.7. The Morgan fingerprint density at radius 3 is 2.00 bits per heavy atom. The van der Waals surface area contributed by atoms with Crippen LogP contribution in [-0.2, 0) is 0 Å². The third-order valence-electron chi connectivity index (χ3n) is 1.74. The Kier molecular flexibility index (Phi) is 7.02. The summed E-state index contributed by atoms with van der Waals surface area (Å²) in [6.07, 6.45) is 2.07. The molecule has 12 heavy (non-hydrogen) atoms. The monoisotopic (exact) mass is 191 g/mol. The van der Waals surface area contributed by atoms with Crippen molar-refractivity contribution in [2.75, 3.05) is 12.8 Å². The molecule has 0 aliphatic carbocycles. The maximum absolute atomic E-state index is 8.64. The van der Waals surface area contributed by atoms with E-state index in [1.165, 1.54) is 0 Å². The summed E-state index contributed by atoms with van der Waals surface area (Å²) in [7, 11) is 0.864. The van der Waals surface area contributed by atoms with E-state index in [2.05, 4.69) is 32.4 Å². The highest BCUT2D eigenvalue weighted by atomic mass is 31.1. The SMILES string of the molecule is CC(C)N(PCCCO)C(C)C. The summed E-state index contributed by atoms with van der Waals surface area (Å²) in [6, 6.07) is 1.25. The fourth-order valence-electron chi connectivity index (χ4n) is 1.25. The molecule has 0 heterocycles. The fraction of sp³-hybridized carbons (Fsp3) is 1.00. The van der Waals surface area contributed by atoms with E-state index in [4.69, 9.17) is 5.11 Å². The van der Waals surface area contributed by atoms with E-state index < -0.39 is 0 Å². The van der Waals surface area contributed by atoms with Gasteiger partial charge < -0.3 is 5.11 Å². The van der Waals surface area contributed by atoms with Gasteiger partial charge in [-0.05, 0) is 40.3 Å². The molecule has 0 amide bonds. The highest BCUT2D eigenvalue weighted by Gasteiger charge is 2.11. The van der Waals surface area contributed by atoms with Gasteiger partial charge in [0.05, 0.1) is 0 Å². The molecule has 2 nitrogen and oxygen atoms in total. The Morgan fingerprint density at radius 1 is 1.17 bits per heavy atom. The van der Waals surface area contributed by atoms with Crippen LogP contribution in [0.5, 0.6) is 0 Å². The molecule has 0 aliphatic heterocycles. The lowest BCUT2D eigenvalue weighted by Gasteiger charge is -2.30. The Balaban J connectivity index is 3.64. The zero-order valence-electron chi connectivity index (χ0n) is 8.67. The summed E-state index contributed by atoms with van der Waals surface area (Å²) < 4.78 is 2.48. The van der Waals surface area contributed by atoms with Crippen LogP contribution >= 0.6 is 8.73 Å². The van der Waals surface area contributed by atoms with Gasteiger partial charge in [-0.25, -0.2) is 0 Å². The quantitative estimate of drug-likeness (QED) is 0.513. The van der Waals surface area contributed by atoms with Crippen molar-refractivity contribution >= 4 is 8.73 Å². The maximum atomic E-state index is 8.64. The summed E-state index contributed by atoms with van der Waals surface area (Å²) in [4.78, 5) is 0. The third-order valence-corrected chi connectivity index (χ3v) is 3.72. The number of rotatable bonds is 6. The van der Waals surface area contributed by atoms with Crippen molar-refractivity contribution in [2.24, 2.45) is 0 Å². The molecule has 0 aromatic rings. The predicted octanol–water partition coefficient (Wildman–Crippen LogP) is 2.08. The molecule has 0 bridgehead atoms. The van der Waals surface area contributed by atoms with Crippen LogP contribution in [0.3, 0.4) is 0 Å². The molecule has 1 atom stereocenters. The number of hydrogen-bond donors (Lipinski definition) is 1. The molecule has 1 N–H and O–H groups in total. The lowest BCUT2D eigenvalue weighted by Crippen LogP contribution is -2.29. The number of nitrogens with zero attached hydrogens (tertiary/aromatic N) is 1. The van der Waals surface area contributed by atoms with Gasteiger partial charge in [-0.1, -0.05) is 8.73 Å². The van der Waals surface area contributed by atoms with Crippen molar-refractivity contribution in [2.45, 2.75) is 46.2 Å². The molecule has 0 rings (SSSR count). The van der Waals surface area contributed by atoms with Crippen LogP contribution in [0, 0.1) is 0 Å². The molecule has 3 heteroatoms. The minimum absolute atomic E-state index is 0.330. The van der Waals surface area contributed by atoms with Gasteiger partial charge in [-0.3, -0.25) is 4.67 Å². The van der Waals surface area contributed by atoms with Crippen LogP contribution in [-0.4, -0.2) is 34.6 Å². The standard InChI is InChI=1S/C9H22NOP/c1-8(2)10(9(3)4)12-7-5-6-11/h8-9,11-12H,5-7H2,1-4H3. The van der Waals surface area contributed by atoms with Crippen LogP contribution in [0.15, 0.2) is 0 Å². The zero-order chi connectivity index (χ0) is 9.56. The third kappa shape index (κ3) is 5.08. The fourth-order valence-corrected chi connectivity index (χ4v) is 2.55. The molecule has 74 valence electrons. The number of aliphatic hydroxyl groups excluding tert-OH is 1. The number of aliphatic hydroxyl groups is 1. The molecular weight excluding hydrogens is 169 g/mol. The maximum Gasteiger partial charge on any atom is 0.0434 e. The molecular formula is C9H22NOP. The Hall–Kier alpha value is 0.350. The van der Waals surface area contributed by atoms with Crippen molar-refractivity contribution in [3.8, 4) is 0 Å². The van der Waals surface area contributed by atoms with E-state index in [0.29, 0.717) is 18.7 Å². The van der Waals surface area contributed by atoms with E-state index in [1.807, 2.05) is 0 Å². The van der Waals surface area contributed by atoms with Crippen LogP contribution in [0.25, 0.3) is 0 Å². The zero-order valence-corrected chi connectivity index (χ0v) is 9.67. The highest BCUT2D eigenvalue weighted by Crippen LogP contribution is 2.24. The van der Waals surface area contributed by atoms with Gasteiger partial charge in [0.15, 0.2) is 0 Å². The topological polar surface area (TPSA) is 23.5 Å². The van der Waals surface area contributed by atoms with Crippen LogP contribution in [0.4, 0.5) is 0 Å². The minimum atomic E-state index is 0.330. The van der Waals surface area contributed by atoms with Gasteiger partial charge in [-0.15, -0.1) is 0 Å². The first-order valence-corrected chi connectivity index (χ1v) is 5.87. The van der Waals surface area contributed by atoms with Crippen LogP contribution in [0.1, 0.15) is 34.1 Å². The van der Waals surface area contributed by atoms with Crippen molar-refractivity contribution in [1.29, 1.82) is 0 Å². The first-order chi connectivity index (χ1) is 5.59. The van der Waals surface area contributed by atoms with Gasteiger partial charge in [0, 0.05) is 18.7 Å². The lowest BCUT2D eigenvalue weighted by atomic mass is 10.3. The van der Waals surface area contributed by atoms with Crippen LogP contribution in [0.2, 0.25) is 0 Å². The summed E-state index contributed by atoms with van der Waals surface area (Å²) in [6.45, 7) is 9.24. The normalized spacial score (nSPS) is 13.0. The van der Waals surface area contributed by atoms with E-state index >= 15 is 0 Å². The van der Waals surface area contributed by atoms with E-state index in [1.54, 1.807) is 0 Å².